The molecule has 7 N–H and O–H groups in total. The van der Waals surface area contributed by atoms with E-state index in [2.05, 4.69) is 5.43 Å². The van der Waals surface area contributed by atoms with Crippen molar-refractivity contribution < 1.29 is 19.8 Å². The van der Waals surface area contributed by atoms with Gasteiger partial charge in [0.2, 0.25) is 5.91 Å². The number of aliphatic hydroxyl groups excluding tert-OH is 1. The molecule has 8 nitrogen and oxygen atoms in total. The van der Waals surface area contributed by atoms with E-state index in [1.807, 2.05) is 0 Å². The lowest BCUT2D eigenvalue weighted by Crippen LogP contribution is -2.46. The molecular weight excluding hydrogens is 240 g/mol. The molecule has 8 heteroatoms. The number of hydrazine groups is 1. The fourth-order valence-corrected chi connectivity index (χ4v) is 1.38. The molecule has 0 bridgehead atoms. The summed E-state index contributed by atoms with van der Waals surface area (Å²) in [7, 11) is 0. The highest BCUT2D eigenvalue weighted by molar-refractivity contribution is 5.76. The fourth-order valence-electron chi connectivity index (χ4n) is 1.38. The predicted molar refractivity (Wildman–Crippen MR) is 65.3 cm³/mol. The van der Waals surface area contributed by atoms with E-state index in [0.717, 1.165) is 0 Å². The number of amides is 1. The van der Waals surface area contributed by atoms with Gasteiger partial charge in [0.1, 0.15) is 6.54 Å². The van der Waals surface area contributed by atoms with Gasteiger partial charge < -0.3 is 21.7 Å². The Bertz CT molecular complexity index is 275. The summed E-state index contributed by atoms with van der Waals surface area (Å²) in [6.07, 6.45) is -0.489. The van der Waals surface area contributed by atoms with E-state index in [-0.39, 0.29) is 31.8 Å². The van der Waals surface area contributed by atoms with Gasteiger partial charge in [-0.3, -0.25) is 15.0 Å². The molecule has 0 saturated heterocycles. The monoisotopic (exact) mass is 262 g/mol. The Kier molecular flexibility index (Phi) is 8.21. The Morgan fingerprint density at radius 2 is 2.06 bits per heavy atom. The molecule has 0 rings (SSSR count). The summed E-state index contributed by atoms with van der Waals surface area (Å²) in [6.45, 7) is 1.92. The summed E-state index contributed by atoms with van der Waals surface area (Å²) in [5, 5.41) is 19.1. The van der Waals surface area contributed by atoms with Crippen molar-refractivity contribution in [2.45, 2.75) is 31.9 Å². The lowest BCUT2D eigenvalue weighted by Gasteiger charge is -2.21. The number of carboxylic acids is 1. The molecule has 0 aromatic rings. The van der Waals surface area contributed by atoms with Gasteiger partial charge in [-0.1, -0.05) is 6.92 Å². The molecule has 0 saturated carbocycles. The third kappa shape index (κ3) is 7.96. The van der Waals surface area contributed by atoms with E-state index in [0.29, 0.717) is 6.54 Å². The van der Waals surface area contributed by atoms with Crippen molar-refractivity contribution in [3.63, 3.8) is 0 Å². The van der Waals surface area contributed by atoms with Crippen molar-refractivity contribution in [2.75, 3.05) is 19.6 Å². The molecule has 0 heterocycles. The number of carbonyl (C=O) groups excluding carboxylic acids is 1. The molecule has 0 spiro atoms. The quantitative estimate of drug-likeness (QED) is 0.298. The van der Waals surface area contributed by atoms with Crippen LogP contribution in [-0.4, -0.2) is 58.9 Å². The van der Waals surface area contributed by atoms with Crippen LogP contribution in [0.3, 0.4) is 0 Å². The maximum Gasteiger partial charge on any atom is 0.319 e. The van der Waals surface area contributed by atoms with E-state index in [1.165, 1.54) is 5.01 Å². The van der Waals surface area contributed by atoms with Crippen LogP contribution in [0.4, 0.5) is 0 Å². The standard InChI is InChI=1S/C10H22N4O4/c1-2-14(6-10(17)18)13-9(16)4-7(12)3-8(15)5-11/h7-8,15H,2-6,11-12H2,1H3,(H,13,16)(H,17,18)/t7-,8-/m1/s1. The Morgan fingerprint density at radius 3 is 2.50 bits per heavy atom. The molecule has 0 aromatic carbocycles. The van der Waals surface area contributed by atoms with E-state index < -0.39 is 18.1 Å². The van der Waals surface area contributed by atoms with Crippen LogP contribution in [0.1, 0.15) is 19.8 Å². The molecule has 0 aliphatic heterocycles. The van der Waals surface area contributed by atoms with Gasteiger partial charge in [-0.15, -0.1) is 0 Å². The van der Waals surface area contributed by atoms with Crippen LogP contribution in [0.2, 0.25) is 0 Å². The Balaban J connectivity index is 4.04. The normalized spacial score (nSPS) is 14.3. The molecule has 0 fully saturated rings. The molecule has 0 radical (unpaired) electrons. The number of likely N-dealkylation sites (N-methyl/N-ethyl adjacent to an activating group) is 1. The first kappa shape index (κ1) is 16.8. The molecule has 2 atom stereocenters. The molecule has 0 unspecified atom stereocenters. The van der Waals surface area contributed by atoms with Crippen LogP contribution >= 0.6 is 0 Å². The minimum Gasteiger partial charge on any atom is -0.480 e. The number of nitrogens with one attached hydrogen (secondary N) is 1. The van der Waals surface area contributed by atoms with Gasteiger partial charge in [0.05, 0.1) is 6.10 Å². The predicted octanol–water partition coefficient (Wildman–Crippen LogP) is -2.15. The smallest absolute Gasteiger partial charge is 0.319 e. The first-order chi connectivity index (χ1) is 8.38. The second-order valence-corrected chi connectivity index (χ2v) is 4.03. The van der Waals surface area contributed by atoms with Crippen LogP contribution in [0.15, 0.2) is 0 Å². The Labute approximate surface area is 106 Å². The van der Waals surface area contributed by atoms with Gasteiger partial charge in [0.25, 0.3) is 0 Å². The zero-order chi connectivity index (χ0) is 14.1. The van der Waals surface area contributed by atoms with E-state index >= 15 is 0 Å². The number of hydrogen-bond acceptors (Lipinski definition) is 6. The number of nitrogens with two attached hydrogens (primary N) is 2. The van der Waals surface area contributed by atoms with Gasteiger partial charge in [0.15, 0.2) is 0 Å². The lowest BCUT2D eigenvalue weighted by atomic mass is 10.1. The molecule has 18 heavy (non-hydrogen) atoms. The molecule has 106 valence electrons. The zero-order valence-electron chi connectivity index (χ0n) is 10.5. The highest BCUT2D eigenvalue weighted by atomic mass is 16.4. The SMILES string of the molecule is CCN(CC(=O)O)NC(=O)C[C@H](N)C[C@@H](O)CN. The van der Waals surface area contributed by atoms with Crippen LogP contribution in [-0.2, 0) is 9.59 Å². The van der Waals surface area contributed by atoms with Gasteiger partial charge in [0, 0.05) is 25.6 Å². The summed E-state index contributed by atoms with van der Waals surface area (Å²) < 4.78 is 0. The first-order valence-electron chi connectivity index (χ1n) is 5.78. The van der Waals surface area contributed by atoms with Crippen LogP contribution in [0.5, 0.6) is 0 Å². The van der Waals surface area contributed by atoms with Crippen molar-refractivity contribution >= 4 is 11.9 Å². The Hall–Kier alpha value is -1.22. The average molecular weight is 262 g/mol. The molecule has 1 amide bonds. The van der Waals surface area contributed by atoms with Gasteiger partial charge >= 0.3 is 5.97 Å². The molecule has 0 aliphatic carbocycles. The van der Waals surface area contributed by atoms with Crippen LogP contribution in [0.25, 0.3) is 0 Å². The highest BCUT2D eigenvalue weighted by Crippen LogP contribution is 1.99. The fraction of sp³-hybridized carbons (Fsp3) is 0.800. The molecule has 0 aromatic heterocycles. The van der Waals surface area contributed by atoms with Crippen molar-refractivity contribution in [1.29, 1.82) is 0 Å². The van der Waals surface area contributed by atoms with Crippen LogP contribution in [0, 0.1) is 0 Å². The summed E-state index contributed by atoms with van der Waals surface area (Å²) in [5.41, 5.74) is 13.3. The Morgan fingerprint density at radius 1 is 1.44 bits per heavy atom. The minimum absolute atomic E-state index is 0.00712. The minimum atomic E-state index is -1.03. The number of aliphatic hydroxyl groups is 1. The van der Waals surface area contributed by atoms with Gasteiger partial charge in [-0.2, -0.15) is 0 Å². The van der Waals surface area contributed by atoms with E-state index in [9.17, 15) is 14.7 Å². The van der Waals surface area contributed by atoms with Crippen LogP contribution < -0.4 is 16.9 Å². The summed E-state index contributed by atoms with van der Waals surface area (Å²) >= 11 is 0. The second-order valence-electron chi connectivity index (χ2n) is 4.03. The van der Waals surface area contributed by atoms with Gasteiger partial charge in [-0.05, 0) is 6.42 Å². The molecular formula is C10H22N4O4. The first-order valence-corrected chi connectivity index (χ1v) is 5.78. The highest BCUT2D eigenvalue weighted by Gasteiger charge is 2.16. The van der Waals surface area contributed by atoms with Crippen molar-refractivity contribution in [2.24, 2.45) is 11.5 Å². The van der Waals surface area contributed by atoms with E-state index in [1.54, 1.807) is 6.92 Å². The number of carbonyl (C=O) groups is 2. The number of aliphatic carboxylic acids is 1. The summed E-state index contributed by atoms with van der Waals surface area (Å²) in [4.78, 5) is 22.0. The maximum atomic E-state index is 11.5. The topological polar surface area (TPSA) is 142 Å². The third-order valence-corrected chi connectivity index (χ3v) is 2.29. The van der Waals surface area contributed by atoms with Crippen molar-refractivity contribution in [1.82, 2.24) is 10.4 Å². The molecule has 0 aliphatic rings. The zero-order valence-corrected chi connectivity index (χ0v) is 10.5. The second kappa shape index (κ2) is 8.81. The largest absolute Gasteiger partial charge is 0.480 e. The summed E-state index contributed by atoms with van der Waals surface area (Å²) in [6, 6.07) is -0.507. The number of rotatable bonds is 9. The maximum absolute atomic E-state index is 11.5. The number of hydrogen-bond donors (Lipinski definition) is 5. The average Bonchev–Trinajstić information content (AvgIpc) is 2.26. The third-order valence-electron chi connectivity index (χ3n) is 2.29. The van der Waals surface area contributed by atoms with E-state index in [4.69, 9.17) is 16.6 Å². The summed E-state index contributed by atoms with van der Waals surface area (Å²) in [5.74, 6) is -1.41. The number of carboxylic acid groups (broad SMARTS) is 1. The number of nitrogens with zero attached hydrogens (tertiary/aromatic N) is 1. The lowest BCUT2D eigenvalue weighted by molar-refractivity contribution is -0.140. The van der Waals surface area contributed by atoms with Crippen molar-refractivity contribution in [3.05, 3.63) is 0 Å². The van der Waals surface area contributed by atoms with Crippen molar-refractivity contribution in [3.8, 4) is 0 Å². The van der Waals surface area contributed by atoms with Gasteiger partial charge in [-0.25, -0.2) is 5.01 Å².